The van der Waals surface area contributed by atoms with E-state index in [0.29, 0.717) is 11.4 Å². The lowest BCUT2D eigenvalue weighted by Crippen LogP contribution is -2.13. The second-order valence-electron chi connectivity index (χ2n) is 3.92. The molecule has 0 saturated carbocycles. The minimum absolute atomic E-state index is 0.150. The number of nitrogens with one attached hydrogen (secondary N) is 1. The van der Waals surface area contributed by atoms with Gasteiger partial charge in [0.05, 0.1) is 24.0 Å². The van der Waals surface area contributed by atoms with E-state index in [9.17, 15) is 9.59 Å². The lowest BCUT2D eigenvalue weighted by molar-refractivity contribution is -0.136. The molecule has 2 aromatic heterocycles. The van der Waals surface area contributed by atoms with E-state index in [0.717, 1.165) is 4.47 Å². The fraction of sp³-hybridized carbons (Fsp3) is 0.0769. The van der Waals surface area contributed by atoms with Gasteiger partial charge >= 0.3 is 5.97 Å². The van der Waals surface area contributed by atoms with Gasteiger partial charge in [-0.3, -0.25) is 14.6 Å². The third kappa shape index (κ3) is 3.86. The van der Waals surface area contributed by atoms with Crippen LogP contribution in [0.2, 0.25) is 0 Å². The summed E-state index contributed by atoms with van der Waals surface area (Å²) in [5, 5.41) is 11.3. The molecule has 0 aliphatic carbocycles. The molecule has 0 atom stereocenters. The summed E-state index contributed by atoms with van der Waals surface area (Å²) in [6.07, 6.45) is 2.79. The third-order valence-corrected chi connectivity index (χ3v) is 2.84. The van der Waals surface area contributed by atoms with Crippen molar-refractivity contribution >= 4 is 33.5 Å². The molecule has 0 spiro atoms. The average Bonchev–Trinajstić information content (AvgIpc) is 2.41. The first-order chi connectivity index (χ1) is 9.54. The monoisotopic (exact) mass is 335 g/mol. The third-order valence-electron chi connectivity index (χ3n) is 2.37. The Morgan fingerprint density at radius 3 is 2.50 bits per heavy atom. The highest BCUT2D eigenvalue weighted by Gasteiger charge is 2.08. The van der Waals surface area contributed by atoms with Gasteiger partial charge in [-0.25, -0.2) is 4.98 Å². The van der Waals surface area contributed by atoms with Crippen molar-refractivity contribution in [1.82, 2.24) is 9.97 Å². The van der Waals surface area contributed by atoms with Gasteiger partial charge in [0, 0.05) is 10.7 Å². The SMILES string of the molecule is O=C(O)Cc1ccc(NC(=O)c2ccc(Br)cn2)cn1. The second kappa shape index (κ2) is 6.25. The van der Waals surface area contributed by atoms with Gasteiger partial charge in [0.1, 0.15) is 5.69 Å². The fourth-order valence-electron chi connectivity index (χ4n) is 1.46. The van der Waals surface area contributed by atoms with E-state index >= 15 is 0 Å². The standard InChI is InChI=1S/C13H10BrN3O3/c14-8-1-4-11(16-6-8)13(20)17-10-3-2-9(15-7-10)5-12(18)19/h1-4,6-7H,5H2,(H,17,20)(H,18,19). The summed E-state index contributed by atoms with van der Waals surface area (Å²) in [4.78, 5) is 30.3. The predicted molar refractivity (Wildman–Crippen MR) is 75.5 cm³/mol. The topological polar surface area (TPSA) is 92.2 Å². The second-order valence-corrected chi connectivity index (χ2v) is 4.84. The van der Waals surface area contributed by atoms with Gasteiger partial charge in [0.15, 0.2) is 0 Å². The van der Waals surface area contributed by atoms with Gasteiger partial charge in [-0.05, 0) is 40.2 Å². The lowest BCUT2D eigenvalue weighted by atomic mass is 10.2. The summed E-state index contributed by atoms with van der Waals surface area (Å²) >= 11 is 3.24. The molecule has 0 radical (unpaired) electrons. The molecule has 2 N–H and O–H groups in total. The van der Waals surface area contributed by atoms with Crippen LogP contribution in [0.3, 0.4) is 0 Å². The van der Waals surface area contributed by atoms with Crippen LogP contribution >= 0.6 is 15.9 Å². The molecule has 1 amide bonds. The van der Waals surface area contributed by atoms with Crippen LogP contribution < -0.4 is 5.32 Å². The number of carboxylic acids is 1. The Morgan fingerprint density at radius 2 is 1.95 bits per heavy atom. The maximum Gasteiger partial charge on any atom is 0.309 e. The minimum Gasteiger partial charge on any atom is -0.481 e. The molecular formula is C13H10BrN3O3. The molecule has 7 heteroatoms. The number of rotatable bonds is 4. The number of aliphatic carboxylic acids is 1. The molecule has 102 valence electrons. The van der Waals surface area contributed by atoms with E-state index in [2.05, 4.69) is 31.2 Å². The van der Waals surface area contributed by atoms with Gasteiger partial charge in [-0.15, -0.1) is 0 Å². The number of pyridine rings is 2. The van der Waals surface area contributed by atoms with E-state index in [4.69, 9.17) is 5.11 Å². The number of hydrogen-bond donors (Lipinski definition) is 2. The molecule has 0 unspecified atom stereocenters. The summed E-state index contributed by atoms with van der Waals surface area (Å²) in [7, 11) is 0. The number of anilines is 1. The average molecular weight is 336 g/mol. The quantitative estimate of drug-likeness (QED) is 0.892. The van der Waals surface area contributed by atoms with Crippen molar-refractivity contribution in [1.29, 1.82) is 0 Å². The number of carbonyl (C=O) groups excluding carboxylic acids is 1. The number of carbonyl (C=O) groups is 2. The molecule has 0 aliphatic heterocycles. The van der Waals surface area contributed by atoms with E-state index < -0.39 is 5.97 Å². The Morgan fingerprint density at radius 1 is 1.15 bits per heavy atom. The molecule has 0 bridgehead atoms. The zero-order valence-electron chi connectivity index (χ0n) is 10.2. The highest BCUT2D eigenvalue weighted by atomic mass is 79.9. The Labute approximate surface area is 123 Å². The number of hydrogen-bond acceptors (Lipinski definition) is 4. The van der Waals surface area contributed by atoms with E-state index in [1.54, 1.807) is 24.3 Å². The van der Waals surface area contributed by atoms with Crippen LogP contribution in [0.5, 0.6) is 0 Å². The molecule has 6 nitrogen and oxygen atoms in total. The van der Waals surface area contributed by atoms with Crippen molar-refractivity contribution in [2.24, 2.45) is 0 Å². The molecule has 2 aromatic rings. The van der Waals surface area contributed by atoms with E-state index in [1.807, 2.05) is 0 Å². The van der Waals surface area contributed by atoms with Gasteiger partial charge in [-0.2, -0.15) is 0 Å². The molecule has 0 saturated heterocycles. The molecule has 2 heterocycles. The van der Waals surface area contributed by atoms with Crippen LogP contribution in [0.25, 0.3) is 0 Å². The lowest BCUT2D eigenvalue weighted by Gasteiger charge is -2.05. The normalized spacial score (nSPS) is 10.1. The Kier molecular flexibility index (Phi) is 4.41. The number of amides is 1. The molecular weight excluding hydrogens is 326 g/mol. The van der Waals surface area contributed by atoms with Crippen LogP contribution in [-0.2, 0) is 11.2 Å². The van der Waals surface area contributed by atoms with Crippen LogP contribution in [0, 0.1) is 0 Å². The van der Waals surface area contributed by atoms with Crippen molar-refractivity contribution in [3.05, 3.63) is 52.5 Å². The van der Waals surface area contributed by atoms with Crippen molar-refractivity contribution in [2.75, 3.05) is 5.32 Å². The largest absolute Gasteiger partial charge is 0.481 e. The summed E-state index contributed by atoms with van der Waals surface area (Å²) < 4.78 is 0.786. The number of aromatic nitrogens is 2. The van der Waals surface area contributed by atoms with E-state index in [1.165, 1.54) is 12.4 Å². The summed E-state index contributed by atoms with van der Waals surface area (Å²) in [5.74, 6) is -1.31. The van der Waals surface area contributed by atoms with Crippen molar-refractivity contribution in [2.45, 2.75) is 6.42 Å². The molecule has 2 rings (SSSR count). The Hall–Kier alpha value is -2.28. The summed E-state index contributed by atoms with van der Waals surface area (Å²) in [6, 6.07) is 6.46. The zero-order chi connectivity index (χ0) is 14.5. The van der Waals surface area contributed by atoms with Crippen molar-refractivity contribution in [3.63, 3.8) is 0 Å². The molecule has 0 aromatic carbocycles. The van der Waals surface area contributed by atoms with E-state index in [-0.39, 0.29) is 18.0 Å². The smallest absolute Gasteiger partial charge is 0.309 e. The maximum atomic E-state index is 11.9. The van der Waals surface area contributed by atoms with Crippen LogP contribution in [-0.4, -0.2) is 27.0 Å². The Bertz CT molecular complexity index is 626. The highest BCUT2D eigenvalue weighted by Crippen LogP contribution is 2.11. The van der Waals surface area contributed by atoms with Crippen LogP contribution in [0.4, 0.5) is 5.69 Å². The number of carboxylic acid groups (broad SMARTS) is 1. The minimum atomic E-state index is -0.951. The first-order valence-corrected chi connectivity index (χ1v) is 6.43. The summed E-state index contributed by atoms with van der Waals surface area (Å²) in [6.45, 7) is 0. The Balaban J connectivity index is 2.04. The van der Waals surface area contributed by atoms with Crippen molar-refractivity contribution in [3.8, 4) is 0 Å². The number of halogens is 1. The first kappa shape index (κ1) is 14.1. The van der Waals surface area contributed by atoms with Gasteiger partial charge in [-0.1, -0.05) is 0 Å². The van der Waals surface area contributed by atoms with Crippen LogP contribution in [0.15, 0.2) is 41.1 Å². The van der Waals surface area contributed by atoms with Crippen molar-refractivity contribution < 1.29 is 14.7 Å². The zero-order valence-corrected chi connectivity index (χ0v) is 11.8. The van der Waals surface area contributed by atoms with Gasteiger partial charge < -0.3 is 10.4 Å². The fourth-order valence-corrected chi connectivity index (χ4v) is 1.70. The van der Waals surface area contributed by atoms with Gasteiger partial charge in [0.2, 0.25) is 0 Å². The number of nitrogens with zero attached hydrogens (tertiary/aromatic N) is 2. The molecule has 0 aliphatic rings. The van der Waals surface area contributed by atoms with Crippen LogP contribution in [0.1, 0.15) is 16.2 Å². The summed E-state index contributed by atoms with van der Waals surface area (Å²) in [5.41, 5.74) is 1.19. The van der Waals surface area contributed by atoms with Gasteiger partial charge in [0.25, 0.3) is 5.91 Å². The predicted octanol–water partition coefficient (Wildman–Crippen LogP) is 2.12. The highest BCUT2D eigenvalue weighted by molar-refractivity contribution is 9.10. The molecule has 0 fully saturated rings. The first-order valence-electron chi connectivity index (χ1n) is 5.64. The maximum absolute atomic E-state index is 11.9. The molecule has 20 heavy (non-hydrogen) atoms.